The fourth-order valence-corrected chi connectivity index (χ4v) is 3.30. The number of nitrogens with zero attached hydrogens (tertiary/aromatic N) is 2. The molecule has 0 spiro atoms. The zero-order valence-corrected chi connectivity index (χ0v) is 13.6. The van der Waals surface area contributed by atoms with E-state index in [1.807, 2.05) is 29.2 Å². The number of nitrogens with one attached hydrogen (secondary N) is 1. The predicted octanol–water partition coefficient (Wildman–Crippen LogP) is 2.07. The summed E-state index contributed by atoms with van der Waals surface area (Å²) in [6.07, 6.45) is 0. The van der Waals surface area contributed by atoms with E-state index in [0.29, 0.717) is 34.9 Å². The Balaban J connectivity index is 1.87. The molecule has 1 aromatic heterocycles. The summed E-state index contributed by atoms with van der Waals surface area (Å²) in [5.41, 5.74) is 1.92. The molecule has 4 rings (SSSR count). The Labute approximate surface area is 139 Å². The number of carbonyl (C=O) groups excluding carboxylic acids is 1. The van der Waals surface area contributed by atoms with Gasteiger partial charge in [-0.1, -0.05) is 18.2 Å². The Morgan fingerprint density at radius 1 is 0.958 bits per heavy atom. The van der Waals surface area contributed by atoms with E-state index < -0.39 is 0 Å². The lowest BCUT2D eigenvalue weighted by Gasteiger charge is -2.32. The number of hydrogen-bond acceptors (Lipinski definition) is 3. The first-order valence-electron chi connectivity index (χ1n) is 8.17. The molecule has 1 N–H and O–H groups in total. The maximum absolute atomic E-state index is 13.0. The van der Waals surface area contributed by atoms with Gasteiger partial charge in [-0.25, -0.2) is 0 Å². The molecule has 24 heavy (non-hydrogen) atoms. The first kappa shape index (κ1) is 14.9. The normalized spacial score (nSPS) is 16.0. The van der Waals surface area contributed by atoms with Crippen molar-refractivity contribution < 1.29 is 4.79 Å². The molecule has 0 saturated carbocycles. The average molecular weight is 321 g/mol. The molecule has 0 aliphatic carbocycles. The third-order valence-electron chi connectivity index (χ3n) is 4.76. The van der Waals surface area contributed by atoms with Gasteiger partial charge in [-0.3, -0.25) is 9.59 Å². The van der Waals surface area contributed by atoms with Gasteiger partial charge >= 0.3 is 0 Å². The highest BCUT2D eigenvalue weighted by atomic mass is 16.2. The maximum atomic E-state index is 13.0. The number of pyridine rings is 1. The number of hydrogen-bond donors (Lipinski definition) is 1. The van der Waals surface area contributed by atoms with Crippen LogP contribution in [0.3, 0.4) is 0 Å². The molecule has 5 heteroatoms. The monoisotopic (exact) mass is 321 g/mol. The number of fused-ring (bicyclic) bond motifs is 2. The lowest BCUT2D eigenvalue weighted by atomic mass is 10.1. The van der Waals surface area contributed by atoms with Crippen molar-refractivity contribution in [2.24, 2.45) is 0 Å². The van der Waals surface area contributed by atoms with E-state index in [1.165, 1.54) is 0 Å². The van der Waals surface area contributed by atoms with Crippen LogP contribution in [0.4, 0.5) is 0 Å². The molecule has 1 fully saturated rings. The number of aromatic nitrogens is 1. The minimum absolute atomic E-state index is 0.0142. The number of aromatic amines is 1. The summed E-state index contributed by atoms with van der Waals surface area (Å²) in [4.78, 5) is 33.0. The number of likely N-dealkylation sites (N-methyl/N-ethyl adjacent to an activating group) is 1. The number of para-hydroxylation sites is 2. The molecular weight excluding hydrogens is 302 g/mol. The fourth-order valence-electron chi connectivity index (χ4n) is 3.30. The molecule has 2 heterocycles. The van der Waals surface area contributed by atoms with Gasteiger partial charge in [0.15, 0.2) is 5.43 Å². The van der Waals surface area contributed by atoms with Crippen LogP contribution in [-0.4, -0.2) is 53.9 Å². The first-order chi connectivity index (χ1) is 11.6. The van der Waals surface area contributed by atoms with Gasteiger partial charge in [0.1, 0.15) is 0 Å². The molecule has 1 saturated heterocycles. The van der Waals surface area contributed by atoms with E-state index in [9.17, 15) is 9.59 Å². The van der Waals surface area contributed by atoms with Crippen molar-refractivity contribution >= 4 is 27.7 Å². The zero-order chi connectivity index (χ0) is 16.7. The minimum atomic E-state index is -0.0348. The van der Waals surface area contributed by atoms with Crippen LogP contribution in [0.1, 0.15) is 10.4 Å². The lowest BCUT2D eigenvalue weighted by molar-refractivity contribution is 0.0666. The van der Waals surface area contributed by atoms with E-state index in [2.05, 4.69) is 16.9 Å². The molecular formula is C19H19N3O2. The van der Waals surface area contributed by atoms with Crippen LogP contribution in [-0.2, 0) is 0 Å². The number of rotatable bonds is 1. The molecule has 0 radical (unpaired) electrons. The van der Waals surface area contributed by atoms with Gasteiger partial charge in [0.25, 0.3) is 5.91 Å². The standard InChI is InChI=1S/C19H19N3O2/c1-21-9-11-22(12-10-21)19(24)15-7-4-6-14-17(15)20-16-8-3-2-5-13(16)18(14)23/h2-8H,9-12H2,1H3,(H,20,23). The van der Waals surface area contributed by atoms with Crippen LogP contribution in [0.25, 0.3) is 21.8 Å². The Kier molecular flexibility index (Phi) is 3.58. The fraction of sp³-hybridized carbons (Fsp3) is 0.263. The van der Waals surface area contributed by atoms with Gasteiger partial charge in [0, 0.05) is 42.5 Å². The van der Waals surface area contributed by atoms with Crippen molar-refractivity contribution in [1.82, 2.24) is 14.8 Å². The van der Waals surface area contributed by atoms with Crippen molar-refractivity contribution in [3.8, 4) is 0 Å². The van der Waals surface area contributed by atoms with E-state index in [4.69, 9.17) is 0 Å². The van der Waals surface area contributed by atoms with E-state index in [1.54, 1.807) is 18.2 Å². The van der Waals surface area contributed by atoms with Crippen LogP contribution >= 0.6 is 0 Å². The number of H-pyrrole nitrogens is 1. The van der Waals surface area contributed by atoms with E-state index >= 15 is 0 Å². The molecule has 0 unspecified atom stereocenters. The smallest absolute Gasteiger partial charge is 0.256 e. The lowest BCUT2D eigenvalue weighted by Crippen LogP contribution is -2.47. The second kappa shape index (κ2) is 5.76. The van der Waals surface area contributed by atoms with Gasteiger partial charge in [-0.05, 0) is 31.3 Å². The van der Waals surface area contributed by atoms with E-state index in [0.717, 1.165) is 18.6 Å². The Hall–Kier alpha value is -2.66. The highest BCUT2D eigenvalue weighted by molar-refractivity contribution is 6.07. The van der Waals surface area contributed by atoms with Crippen LogP contribution < -0.4 is 5.43 Å². The van der Waals surface area contributed by atoms with Crippen LogP contribution in [0.2, 0.25) is 0 Å². The summed E-state index contributed by atoms with van der Waals surface area (Å²) in [7, 11) is 2.06. The van der Waals surface area contributed by atoms with E-state index in [-0.39, 0.29) is 11.3 Å². The Morgan fingerprint density at radius 3 is 2.46 bits per heavy atom. The van der Waals surface area contributed by atoms with Crippen molar-refractivity contribution in [2.45, 2.75) is 0 Å². The van der Waals surface area contributed by atoms with Crippen molar-refractivity contribution in [3.05, 3.63) is 58.3 Å². The molecule has 0 atom stereocenters. The van der Waals surface area contributed by atoms with Gasteiger partial charge in [-0.2, -0.15) is 0 Å². The van der Waals surface area contributed by atoms with Gasteiger partial charge in [-0.15, -0.1) is 0 Å². The summed E-state index contributed by atoms with van der Waals surface area (Å²) in [6, 6.07) is 12.8. The molecule has 1 aliphatic rings. The Morgan fingerprint density at radius 2 is 1.67 bits per heavy atom. The third kappa shape index (κ3) is 2.37. The maximum Gasteiger partial charge on any atom is 0.256 e. The molecule has 0 bridgehead atoms. The number of amides is 1. The molecule has 3 aromatic rings. The predicted molar refractivity (Wildman–Crippen MR) is 95.5 cm³/mol. The van der Waals surface area contributed by atoms with Crippen molar-refractivity contribution in [1.29, 1.82) is 0 Å². The quantitative estimate of drug-likeness (QED) is 0.698. The average Bonchev–Trinajstić information content (AvgIpc) is 2.62. The summed E-state index contributed by atoms with van der Waals surface area (Å²) in [6.45, 7) is 3.17. The zero-order valence-electron chi connectivity index (χ0n) is 13.6. The van der Waals surface area contributed by atoms with Gasteiger partial charge in [0.2, 0.25) is 0 Å². The van der Waals surface area contributed by atoms with Gasteiger partial charge in [0.05, 0.1) is 11.1 Å². The Bertz CT molecular complexity index is 985. The minimum Gasteiger partial charge on any atom is -0.354 e. The molecule has 5 nitrogen and oxygen atoms in total. The van der Waals surface area contributed by atoms with Crippen LogP contribution in [0.5, 0.6) is 0 Å². The molecule has 2 aromatic carbocycles. The van der Waals surface area contributed by atoms with Crippen LogP contribution in [0, 0.1) is 0 Å². The summed E-state index contributed by atoms with van der Waals surface area (Å²) in [5, 5.41) is 1.21. The second-order valence-electron chi connectivity index (χ2n) is 6.32. The SMILES string of the molecule is CN1CCN(C(=O)c2cccc3c(=O)c4ccccc4[nH]c23)CC1. The van der Waals surface area contributed by atoms with Gasteiger partial charge < -0.3 is 14.8 Å². The summed E-state index contributed by atoms with van der Waals surface area (Å²) in [5.74, 6) is -0.0142. The highest BCUT2D eigenvalue weighted by Gasteiger charge is 2.22. The van der Waals surface area contributed by atoms with Crippen molar-refractivity contribution in [2.75, 3.05) is 33.2 Å². The largest absolute Gasteiger partial charge is 0.354 e. The molecule has 1 aliphatic heterocycles. The van der Waals surface area contributed by atoms with Crippen molar-refractivity contribution in [3.63, 3.8) is 0 Å². The van der Waals surface area contributed by atoms with Crippen LogP contribution in [0.15, 0.2) is 47.3 Å². The highest BCUT2D eigenvalue weighted by Crippen LogP contribution is 2.20. The molecule has 122 valence electrons. The number of benzene rings is 2. The summed E-state index contributed by atoms with van der Waals surface area (Å²) >= 11 is 0. The number of carbonyl (C=O) groups is 1. The topological polar surface area (TPSA) is 56.4 Å². The third-order valence-corrected chi connectivity index (χ3v) is 4.76. The number of piperazine rings is 1. The molecule has 1 amide bonds. The first-order valence-corrected chi connectivity index (χ1v) is 8.17. The second-order valence-corrected chi connectivity index (χ2v) is 6.32. The summed E-state index contributed by atoms with van der Waals surface area (Å²) < 4.78 is 0.